The highest BCUT2D eigenvalue weighted by Crippen LogP contribution is 2.21. The molecule has 1 N–H and O–H groups in total. The van der Waals surface area contributed by atoms with Crippen molar-refractivity contribution < 1.29 is 4.74 Å². The van der Waals surface area contributed by atoms with Crippen LogP contribution in [0.1, 0.15) is 0 Å². The molecule has 8 heteroatoms. The van der Waals surface area contributed by atoms with Crippen molar-refractivity contribution in [3.8, 4) is 5.75 Å². The first-order valence-electron chi connectivity index (χ1n) is 9.22. The number of piperazine rings is 1. The third-order valence-corrected chi connectivity index (χ3v) is 5.06. The van der Waals surface area contributed by atoms with E-state index < -0.39 is 0 Å². The fourth-order valence-corrected chi connectivity index (χ4v) is 3.46. The van der Waals surface area contributed by atoms with Crippen LogP contribution in [0.15, 0.2) is 36.8 Å². The van der Waals surface area contributed by atoms with Gasteiger partial charge in [-0.15, -0.1) is 0 Å². The number of nitrogens with one attached hydrogen (secondary N) is 1. The summed E-state index contributed by atoms with van der Waals surface area (Å²) in [5, 5.41) is 8.65. The van der Waals surface area contributed by atoms with Crippen molar-refractivity contribution in [1.82, 2.24) is 24.6 Å². The van der Waals surface area contributed by atoms with Crippen LogP contribution >= 0.6 is 0 Å². The van der Waals surface area contributed by atoms with Crippen molar-refractivity contribution in [2.24, 2.45) is 7.05 Å². The molecule has 3 aromatic rings. The van der Waals surface area contributed by atoms with Gasteiger partial charge < -0.3 is 15.0 Å². The summed E-state index contributed by atoms with van der Waals surface area (Å²) >= 11 is 0. The van der Waals surface area contributed by atoms with Gasteiger partial charge in [-0.2, -0.15) is 5.10 Å². The second kappa shape index (κ2) is 7.79. The zero-order valence-electron chi connectivity index (χ0n) is 15.8. The number of hydrogen-bond donors (Lipinski definition) is 1. The molecule has 1 saturated heterocycles. The van der Waals surface area contributed by atoms with Crippen LogP contribution < -0.4 is 15.0 Å². The van der Waals surface area contributed by atoms with Gasteiger partial charge in [0.1, 0.15) is 17.9 Å². The average molecular weight is 367 g/mol. The largest absolute Gasteiger partial charge is 0.497 e. The van der Waals surface area contributed by atoms with E-state index in [0.29, 0.717) is 0 Å². The van der Waals surface area contributed by atoms with Crippen molar-refractivity contribution in [2.45, 2.75) is 0 Å². The van der Waals surface area contributed by atoms with Crippen molar-refractivity contribution in [3.05, 3.63) is 36.8 Å². The molecule has 8 nitrogen and oxygen atoms in total. The summed E-state index contributed by atoms with van der Waals surface area (Å²) in [5.41, 5.74) is 2.11. The molecule has 27 heavy (non-hydrogen) atoms. The second-order valence-electron chi connectivity index (χ2n) is 6.68. The van der Waals surface area contributed by atoms with Gasteiger partial charge in [-0.25, -0.2) is 9.97 Å². The Morgan fingerprint density at radius 1 is 1.07 bits per heavy atom. The smallest absolute Gasteiger partial charge is 0.163 e. The lowest BCUT2D eigenvalue weighted by Crippen LogP contribution is -2.47. The fourth-order valence-electron chi connectivity index (χ4n) is 3.46. The standard InChI is InChI=1S/C19H25N7O/c1-24-19-17(13-23-24)18(21-14-22-19)20-7-8-25-9-11-26(12-10-25)15-3-5-16(27-2)6-4-15/h3-6,13-14H,7-12H2,1-2H3,(H,20,21,22). The number of anilines is 2. The second-order valence-corrected chi connectivity index (χ2v) is 6.68. The molecule has 0 unspecified atom stereocenters. The van der Waals surface area contributed by atoms with Gasteiger partial charge >= 0.3 is 0 Å². The van der Waals surface area contributed by atoms with Gasteiger partial charge in [0.05, 0.1) is 18.7 Å². The van der Waals surface area contributed by atoms with Crippen LogP contribution in [0.3, 0.4) is 0 Å². The van der Waals surface area contributed by atoms with Crippen LogP contribution in [0.4, 0.5) is 11.5 Å². The lowest BCUT2D eigenvalue weighted by Gasteiger charge is -2.36. The number of fused-ring (bicyclic) bond motifs is 1. The van der Waals surface area contributed by atoms with Crippen molar-refractivity contribution in [1.29, 1.82) is 0 Å². The fraction of sp³-hybridized carbons (Fsp3) is 0.421. The van der Waals surface area contributed by atoms with E-state index in [-0.39, 0.29) is 0 Å². The van der Waals surface area contributed by atoms with E-state index in [2.05, 4.69) is 42.3 Å². The summed E-state index contributed by atoms with van der Waals surface area (Å²) < 4.78 is 7.00. The van der Waals surface area contributed by atoms with Crippen LogP contribution in [0.5, 0.6) is 5.75 Å². The number of aryl methyl sites for hydroxylation is 1. The molecule has 4 rings (SSSR count). The normalized spacial score (nSPS) is 15.3. The number of ether oxygens (including phenoxy) is 1. The summed E-state index contributed by atoms with van der Waals surface area (Å²) in [5.74, 6) is 1.75. The Labute approximate surface area is 158 Å². The molecule has 1 aliphatic rings. The minimum atomic E-state index is 0.848. The number of hydrogen-bond acceptors (Lipinski definition) is 7. The van der Waals surface area contributed by atoms with E-state index in [1.165, 1.54) is 5.69 Å². The molecule has 142 valence electrons. The highest BCUT2D eigenvalue weighted by Gasteiger charge is 2.17. The van der Waals surface area contributed by atoms with Crippen LogP contribution in [-0.4, -0.2) is 71.0 Å². The first kappa shape index (κ1) is 17.5. The molecule has 0 saturated carbocycles. The molecule has 0 spiro atoms. The minimum Gasteiger partial charge on any atom is -0.497 e. The van der Waals surface area contributed by atoms with Crippen molar-refractivity contribution in [2.75, 3.05) is 56.6 Å². The number of rotatable bonds is 6. The van der Waals surface area contributed by atoms with Crippen LogP contribution in [0.25, 0.3) is 11.0 Å². The molecule has 0 amide bonds. The molecule has 0 aliphatic carbocycles. The highest BCUT2D eigenvalue weighted by molar-refractivity contribution is 5.85. The van der Waals surface area contributed by atoms with E-state index in [1.807, 2.05) is 25.4 Å². The summed E-state index contributed by atoms with van der Waals surface area (Å²) in [6.07, 6.45) is 3.39. The molecule has 0 radical (unpaired) electrons. The first-order chi connectivity index (χ1) is 13.2. The molecular formula is C19H25N7O. The van der Waals surface area contributed by atoms with E-state index in [1.54, 1.807) is 18.1 Å². The topological polar surface area (TPSA) is 71.3 Å². The maximum atomic E-state index is 5.23. The van der Waals surface area contributed by atoms with Crippen LogP contribution in [0, 0.1) is 0 Å². The molecule has 2 aromatic heterocycles. The number of aromatic nitrogens is 4. The van der Waals surface area contributed by atoms with Gasteiger partial charge in [0.25, 0.3) is 0 Å². The number of nitrogens with zero attached hydrogens (tertiary/aromatic N) is 6. The third kappa shape index (κ3) is 3.80. The summed E-state index contributed by atoms with van der Waals surface area (Å²) in [6.45, 7) is 6.02. The van der Waals surface area contributed by atoms with Crippen LogP contribution in [0.2, 0.25) is 0 Å². The molecule has 0 bridgehead atoms. The predicted molar refractivity (Wildman–Crippen MR) is 106 cm³/mol. The number of methoxy groups -OCH3 is 1. The molecule has 1 aromatic carbocycles. The van der Waals surface area contributed by atoms with Crippen LogP contribution in [-0.2, 0) is 7.05 Å². The SMILES string of the molecule is COc1ccc(N2CCN(CCNc3ncnc4c3cnn4C)CC2)cc1. The Kier molecular flexibility index (Phi) is 5.06. The van der Waals surface area contributed by atoms with E-state index >= 15 is 0 Å². The van der Waals surface area contributed by atoms with Gasteiger partial charge in [-0.1, -0.05) is 0 Å². The molecular weight excluding hydrogens is 342 g/mol. The summed E-state index contributed by atoms with van der Waals surface area (Å²) in [4.78, 5) is 13.5. The quantitative estimate of drug-likeness (QED) is 0.710. The average Bonchev–Trinajstić information content (AvgIpc) is 3.11. The van der Waals surface area contributed by atoms with E-state index in [0.717, 1.165) is 61.9 Å². The van der Waals surface area contributed by atoms with Gasteiger partial charge in [0, 0.05) is 52.0 Å². The monoisotopic (exact) mass is 367 g/mol. The Balaban J connectivity index is 1.27. The Morgan fingerprint density at radius 3 is 2.59 bits per heavy atom. The lowest BCUT2D eigenvalue weighted by molar-refractivity contribution is 0.267. The third-order valence-electron chi connectivity index (χ3n) is 5.06. The van der Waals surface area contributed by atoms with Gasteiger partial charge in [-0.3, -0.25) is 9.58 Å². The molecule has 1 fully saturated rings. The minimum absolute atomic E-state index is 0.848. The first-order valence-corrected chi connectivity index (χ1v) is 9.22. The van der Waals surface area contributed by atoms with E-state index in [9.17, 15) is 0 Å². The Hall–Kier alpha value is -2.87. The van der Waals surface area contributed by atoms with Crippen molar-refractivity contribution in [3.63, 3.8) is 0 Å². The van der Waals surface area contributed by atoms with Gasteiger partial charge in [-0.05, 0) is 24.3 Å². The maximum Gasteiger partial charge on any atom is 0.163 e. The van der Waals surface area contributed by atoms with E-state index in [4.69, 9.17) is 4.74 Å². The zero-order chi connectivity index (χ0) is 18.6. The lowest BCUT2D eigenvalue weighted by atomic mass is 10.2. The zero-order valence-corrected chi connectivity index (χ0v) is 15.8. The summed E-state index contributed by atoms with van der Waals surface area (Å²) in [6, 6.07) is 8.30. The summed E-state index contributed by atoms with van der Waals surface area (Å²) in [7, 11) is 3.59. The predicted octanol–water partition coefficient (Wildman–Crippen LogP) is 1.61. The molecule has 0 atom stereocenters. The molecule has 1 aliphatic heterocycles. The number of benzene rings is 1. The Morgan fingerprint density at radius 2 is 1.85 bits per heavy atom. The maximum absolute atomic E-state index is 5.23. The molecule has 3 heterocycles. The highest BCUT2D eigenvalue weighted by atomic mass is 16.5. The van der Waals surface area contributed by atoms with Gasteiger partial charge in [0.2, 0.25) is 0 Å². The Bertz CT molecular complexity index is 885. The van der Waals surface area contributed by atoms with Crippen molar-refractivity contribution >= 4 is 22.5 Å². The van der Waals surface area contributed by atoms with Gasteiger partial charge in [0.15, 0.2) is 5.65 Å².